The van der Waals surface area contributed by atoms with E-state index in [0.29, 0.717) is 31.8 Å². The van der Waals surface area contributed by atoms with Gasteiger partial charge in [0, 0.05) is 42.9 Å². The summed E-state index contributed by atoms with van der Waals surface area (Å²) in [4.78, 5) is 40.9. The van der Waals surface area contributed by atoms with Crippen LogP contribution in [0.25, 0.3) is 0 Å². The van der Waals surface area contributed by atoms with E-state index >= 15 is 0 Å². The van der Waals surface area contributed by atoms with E-state index < -0.39 is 24.0 Å². The minimum Gasteiger partial charge on any atom is -0.497 e. The number of hydrogen-bond donors (Lipinski definition) is 4. The van der Waals surface area contributed by atoms with Crippen molar-refractivity contribution in [1.29, 1.82) is 0 Å². The fraction of sp³-hybridized carbons (Fsp3) is 0.382. The number of nitrogens with one attached hydrogen (secondary N) is 2. The Bertz CT molecular complexity index is 1390. The molecule has 0 saturated carbocycles. The zero-order valence-corrected chi connectivity index (χ0v) is 26.0. The van der Waals surface area contributed by atoms with Crippen molar-refractivity contribution in [2.75, 3.05) is 33.9 Å². The molecule has 0 fully saturated rings. The standard InChI is InChI=1S/C34H44N4O6/c1-5-14-38(15-6-2)34(42)27-19-25(32(35)40)18-26(20-27)33(41)37-30(17-23-10-12-28(43-3)13-11-23)31(39)22-36-21-24-8-7-9-29(16-24)44-4/h7-13,16,18-20,30-31,36,39H,5-6,14-15,17,21-22H2,1-4H3,(H2,35,40)(H,37,41). The van der Waals surface area contributed by atoms with Gasteiger partial charge in [0.1, 0.15) is 11.5 Å². The Morgan fingerprint density at radius 1 is 0.841 bits per heavy atom. The lowest BCUT2D eigenvalue weighted by Gasteiger charge is -2.25. The largest absolute Gasteiger partial charge is 0.497 e. The molecule has 3 aromatic rings. The van der Waals surface area contributed by atoms with Crippen LogP contribution in [-0.4, -0.2) is 73.7 Å². The Morgan fingerprint density at radius 2 is 1.48 bits per heavy atom. The fourth-order valence-electron chi connectivity index (χ4n) is 4.90. The summed E-state index contributed by atoms with van der Waals surface area (Å²) in [6.45, 7) is 5.73. The molecular weight excluding hydrogens is 560 g/mol. The fourth-order valence-corrected chi connectivity index (χ4v) is 4.90. The van der Waals surface area contributed by atoms with E-state index in [2.05, 4.69) is 10.6 Å². The molecule has 5 N–H and O–H groups in total. The van der Waals surface area contributed by atoms with Crippen LogP contribution in [0.2, 0.25) is 0 Å². The summed E-state index contributed by atoms with van der Waals surface area (Å²) >= 11 is 0. The number of carbonyl (C=O) groups is 3. The van der Waals surface area contributed by atoms with Crippen molar-refractivity contribution in [3.8, 4) is 11.5 Å². The van der Waals surface area contributed by atoms with E-state index in [1.54, 1.807) is 19.1 Å². The maximum Gasteiger partial charge on any atom is 0.253 e. The highest BCUT2D eigenvalue weighted by Crippen LogP contribution is 2.17. The maximum absolute atomic E-state index is 13.6. The van der Waals surface area contributed by atoms with Crippen molar-refractivity contribution < 1.29 is 29.0 Å². The van der Waals surface area contributed by atoms with E-state index in [9.17, 15) is 19.5 Å². The van der Waals surface area contributed by atoms with E-state index in [1.165, 1.54) is 18.2 Å². The number of amides is 3. The van der Waals surface area contributed by atoms with Gasteiger partial charge in [-0.15, -0.1) is 0 Å². The van der Waals surface area contributed by atoms with Gasteiger partial charge in [0.15, 0.2) is 0 Å². The normalized spacial score (nSPS) is 12.2. The Balaban J connectivity index is 1.85. The molecule has 0 aromatic heterocycles. The first-order chi connectivity index (χ1) is 21.2. The molecule has 0 spiro atoms. The van der Waals surface area contributed by atoms with Crippen LogP contribution in [0.4, 0.5) is 0 Å². The molecule has 236 valence electrons. The van der Waals surface area contributed by atoms with Crippen molar-refractivity contribution in [1.82, 2.24) is 15.5 Å². The van der Waals surface area contributed by atoms with Crippen molar-refractivity contribution in [2.24, 2.45) is 5.73 Å². The molecular formula is C34H44N4O6. The van der Waals surface area contributed by atoms with Gasteiger partial charge in [0.25, 0.3) is 11.8 Å². The predicted molar refractivity (Wildman–Crippen MR) is 170 cm³/mol. The van der Waals surface area contributed by atoms with Crippen molar-refractivity contribution in [2.45, 2.75) is 51.8 Å². The summed E-state index contributed by atoms with van der Waals surface area (Å²) in [5, 5.41) is 17.4. The summed E-state index contributed by atoms with van der Waals surface area (Å²) < 4.78 is 10.5. The number of aliphatic hydroxyl groups is 1. The number of ether oxygens (including phenoxy) is 2. The smallest absolute Gasteiger partial charge is 0.253 e. The number of primary amides is 1. The molecule has 0 heterocycles. The molecule has 0 aliphatic heterocycles. The zero-order valence-electron chi connectivity index (χ0n) is 26.0. The van der Waals surface area contributed by atoms with Gasteiger partial charge in [-0.05, 0) is 72.9 Å². The quantitative estimate of drug-likeness (QED) is 0.185. The molecule has 44 heavy (non-hydrogen) atoms. The van der Waals surface area contributed by atoms with Crippen LogP contribution in [0.15, 0.2) is 66.7 Å². The molecule has 10 nitrogen and oxygen atoms in total. The van der Waals surface area contributed by atoms with Crippen LogP contribution in [0, 0.1) is 0 Å². The van der Waals surface area contributed by atoms with Crippen molar-refractivity contribution >= 4 is 17.7 Å². The third-order valence-electron chi connectivity index (χ3n) is 7.21. The molecule has 0 saturated heterocycles. The Kier molecular flexibility index (Phi) is 13.2. The zero-order chi connectivity index (χ0) is 32.1. The molecule has 3 aromatic carbocycles. The monoisotopic (exact) mass is 604 g/mol. The maximum atomic E-state index is 13.6. The minimum atomic E-state index is -0.975. The minimum absolute atomic E-state index is 0.0566. The molecule has 3 rings (SSSR count). The number of carbonyl (C=O) groups excluding carboxylic acids is 3. The van der Waals surface area contributed by atoms with Crippen molar-refractivity contribution in [3.63, 3.8) is 0 Å². The van der Waals surface area contributed by atoms with Crippen LogP contribution in [0.3, 0.4) is 0 Å². The molecule has 2 unspecified atom stereocenters. The molecule has 10 heteroatoms. The van der Waals surface area contributed by atoms with Gasteiger partial charge in [-0.2, -0.15) is 0 Å². The lowest BCUT2D eigenvalue weighted by atomic mass is 9.99. The Hall–Kier alpha value is -4.41. The van der Waals surface area contributed by atoms with E-state index in [-0.39, 0.29) is 29.1 Å². The summed E-state index contributed by atoms with van der Waals surface area (Å²) in [6.07, 6.45) is 0.882. The first-order valence-electron chi connectivity index (χ1n) is 14.9. The van der Waals surface area contributed by atoms with Gasteiger partial charge >= 0.3 is 0 Å². The number of hydrogen-bond acceptors (Lipinski definition) is 7. The number of nitrogens with two attached hydrogens (primary N) is 1. The SMILES string of the molecule is CCCN(CCC)C(=O)c1cc(C(N)=O)cc(C(=O)NC(Cc2ccc(OC)cc2)C(O)CNCc2cccc(OC)c2)c1. The molecule has 3 amide bonds. The third kappa shape index (κ3) is 9.82. The molecule has 0 bridgehead atoms. The third-order valence-corrected chi connectivity index (χ3v) is 7.21. The second kappa shape index (κ2) is 17.0. The molecule has 0 aliphatic rings. The van der Waals surface area contributed by atoms with Crippen molar-refractivity contribution in [3.05, 3.63) is 94.5 Å². The highest BCUT2D eigenvalue weighted by Gasteiger charge is 2.25. The lowest BCUT2D eigenvalue weighted by molar-refractivity contribution is 0.0755. The van der Waals surface area contributed by atoms with Gasteiger partial charge in [-0.1, -0.05) is 38.1 Å². The summed E-state index contributed by atoms with van der Waals surface area (Å²) in [5.74, 6) is -0.135. The number of benzene rings is 3. The van der Waals surface area contributed by atoms with E-state index in [1.807, 2.05) is 62.4 Å². The van der Waals surface area contributed by atoms with Crippen LogP contribution < -0.4 is 25.8 Å². The highest BCUT2D eigenvalue weighted by atomic mass is 16.5. The Labute approximate surface area is 259 Å². The first-order valence-corrected chi connectivity index (χ1v) is 14.9. The van der Waals surface area contributed by atoms with Crippen LogP contribution in [-0.2, 0) is 13.0 Å². The summed E-state index contributed by atoms with van der Waals surface area (Å²) in [6, 6.07) is 18.5. The summed E-state index contributed by atoms with van der Waals surface area (Å²) in [5.41, 5.74) is 7.80. The number of rotatable bonds is 17. The number of methoxy groups -OCH3 is 2. The van der Waals surface area contributed by atoms with Gasteiger partial charge in [0.2, 0.25) is 5.91 Å². The second-order valence-corrected chi connectivity index (χ2v) is 10.6. The Morgan fingerprint density at radius 3 is 2.09 bits per heavy atom. The van der Waals surface area contributed by atoms with Gasteiger partial charge < -0.3 is 35.8 Å². The topological polar surface area (TPSA) is 143 Å². The average molecular weight is 605 g/mol. The van der Waals surface area contributed by atoms with Crippen LogP contribution >= 0.6 is 0 Å². The van der Waals surface area contributed by atoms with Gasteiger partial charge in [0.05, 0.1) is 26.4 Å². The predicted octanol–water partition coefficient (Wildman–Crippen LogP) is 3.56. The molecule has 0 aliphatic carbocycles. The molecule has 0 radical (unpaired) electrons. The number of aliphatic hydroxyl groups excluding tert-OH is 1. The van der Waals surface area contributed by atoms with Crippen LogP contribution in [0.1, 0.15) is 68.9 Å². The highest BCUT2D eigenvalue weighted by molar-refractivity contribution is 6.04. The lowest BCUT2D eigenvalue weighted by Crippen LogP contribution is -2.48. The second-order valence-electron chi connectivity index (χ2n) is 10.6. The van der Waals surface area contributed by atoms with Gasteiger partial charge in [-0.25, -0.2) is 0 Å². The van der Waals surface area contributed by atoms with Crippen LogP contribution in [0.5, 0.6) is 11.5 Å². The van der Waals surface area contributed by atoms with E-state index in [4.69, 9.17) is 15.2 Å². The number of nitrogens with zero attached hydrogens (tertiary/aromatic N) is 1. The van der Waals surface area contributed by atoms with Gasteiger partial charge in [-0.3, -0.25) is 14.4 Å². The summed E-state index contributed by atoms with van der Waals surface area (Å²) in [7, 11) is 3.19. The average Bonchev–Trinajstić information content (AvgIpc) is 3.04. The first kappa shape index (κ1) is 34.1. The molecule has 2 atom stereocenters. The van der Waals surface area contributed by atoms with E-state index in [0.717, 1.165) is 29.7 Å².